The second-order valence-corrected chi connectivity index (χ2v) is 5.99. The van der Waals surface area contributed by atoms with Crippen LogP contribution in [0.25, 0.3) is 0 Å². The van der Waals surface area contributed by atoms with Gasteiger partial charge in [0.15, 0.2) is 0 Å². The predicted octanol–water partition coefficient (Wildman–Crippen LogP) is 1.90. The monoisotopic (exact) mass is 296 g/mol. The highest BCUT2D eigenvalue weighted by Gasteiger charge is 2.29. The van der Waals surface area contributed by atoms with E-state index in [9.17, 15) is 18.0 Å². The fourth-order valence-electron chi connectivity index (χ4n) is 1.88. The van der Waals surface area contributed by atoms with Crippen molar-refractivity contribution in [2.45, 2.75) is 39.0 Å². The van der Waals surface area contributed by atoms with E-state index in [1.165, 1.54) is 0 Å². The van der Waals surface area contributed by atoms with Gasteiger partial charge in [-0.25, -0.2) is 0 Å². The first kappa shape index (κ1) is 17.2. The van der Waals surface area contributed by atoms with E-state index in [1.807, 2.05) is 20.8 Å². The van der Waals surface area contributed by atoms with E-state index in [2.05, 4.69) is 0 Å². The SMILES string of the molecule is CC(C)(C)OCC(=O)N1CCN(CCC(F)(F)F)CC1. The number of hydrogen-bond acceptors (Lipinski definition) is 3. The first-order valence-corrected chi connectivity index (χ1v) is 6.78. The quantitative estimate of drug-likeness (QED) is 0.794. The van der Waals surface area contributed by atoms with Gasteiger partial charge in [0.25, 0.3) is 0 Å². The number of nitrogens with zero attached hydrogens (tertiary/aromatic N) is 2. The van der Waals surface area contributed by atoms with Crippen molar-refractivity contribution >= 4 is 5.91 Å². The van der Waals surface area contributed by atoms with E-state index in [0.717, 1.165) is 0 Å². The summed E-state index contributed by atoms with van der Waals surface area (Å²) < 4.78 is 41.8. The lowest BCUT2D eigenvalue weighted by atomic mass is 10.2. The molecule has 0 spiro atoms. The molecule has 0 saturated carbocycles. The van der Waals surface area contributed by atoms with Crippen LogP contribution in [0.5, 0.6) is 0 Å². The van der Waals surface area contributed by atoms with Crippen molar-refractivity contribution in [1.82, 2.24) is 9.80 Å². The average Bonchev–Trinajstić information content (AvgIpc) is 2.32. The van der Waals surface area contributed by atoms with Crippen molar-refractivity contribution in [2.24, 2.45) is 0 Å². The van der Waals surface area contributed by atoms with E-state index in [0.29, 0.717) is 26.2 Å². The Morgan fingerprint density at radius 2 is 1.65 bits per heavy atom. The maximum Gasteiger partial charge on any atom is 0.390 e. The van der Waals surface area contributed by atoms with Gasteiger partial charge < -0.3 is 9.64 Å². The van der Waals surface area contributed by atoms with Crippen LogP contribution in [0.2, 0.25) is 0 Å². The van der Waals surface area contributed by atoms with E-state index >= 15 is 0 Å². The van der Waals surface area contributed by atoms with Crippen LogP contribution in [0.1, 0.15) is 27.2 Å². The first-order valence-electron chi connectivity index (χ1n) is 6.78. The van der Waals surface area contributed by atoms with Gasteiger partial charge in [-0.1, -0.05) is 0 Å². The Labute approximate surface area is 117 Å². The first-order chi connectivity index (χ1) is 9.07. The van der Waals surface area contributed by atoms with Crippen LogP contribution in [0.4, 0.5) is 13.2 Å². The van der Waals surface area contributed by atoms with Crippen LogP contribution in [-0.2, 0) is 9.53 Å². The van der Waals surface area contributed by atoms with Gasteiger partial charge in [-0.15, -0.1) is 0 Å². The number of alkyl halides is 3. The summed E-state index contributed by atoms with van der Waals surface area (Å²) in [5.74, 6) is -0.101. The highest BCUT2D eigenvalue weighted by atomic mass is 19.4. The number of hydrogen-bond donors (Lipinski definition) is 0. The molecule has 7 heteroatoms. The fraction of sp³-hybridized carbons (Fsp3) is 0.923. The zero-order chi connectivity index (χ0) is 15.4. The van der Waals surface area contributed by atoms with E-state index < -0.39 is 12.6 Å². The molecule has 0 radical (unpaired) electrons. The van der Waals surface area contributed by atoms with E-state index in [4.69, 9.17) is 4.74 Å². The predicted molar refractivity (Wildman–Crippen MR) is 69.4 cm³/mol. The van der Waals surface area contributed by atoms with Crippen molar-refractivity contribution in [1.29, 1.82) is 0 Å². The largest absolute Gasteiger partial charge is 0.390 e. The maximum atomic E-state index is 12.1. The molecule has 1 saturated heterocycles. The van der Waals surface area contributed by atoms with Gasteiger partial charge in [0, 0.05) is 32.7 Å². The van der Waals surface area contributed by atoms with Crippen molar-refractivity contribution < 1.29 is 22.7 Å². The molecular formula is C13H23F3N2O2. The van der Waals surface area contributed by atoms with Gasteiger partial charge >= 0.3 is 6.18 Å². The number of carbonyl (C=O) groups excluding carboxylic acids is 1. The zero-order valence-electron chi connectivity index (χ0n) is 12.3. The van der Waals surface area contributed by atoms with Gasteiger partial charge in [0.2, 0.25) is 5.91 Å². The summed E-state index contributed by atoms with van der Waals surface area (Å²) in [6, 6.07) is 0. The van der Waals surface area contributed by atoms with Crippen molar-refractivity contribution in [3.05, 3.63) is 0 Å². The molecule has 0 aliphatic carbocycles. The van der Waals surface area contributed by atoms with Crippen LogP contribution in [0.15, 0.2) is 0 Å². The summed E-state index contributed by atoms with van der Waals surface area (Å²) >= 11 is 0. The van der Waals surface area contributed by atoms with Gasteiger partial charge in [-0.05, 0) is 20.8 Å². The van der Waals surface area contributed by atoms with Crippen molar-refractivity contribution in [3.63, 3.8) is 0 Å². The number of halogens is 3. The minimum Gasteiger partial charge on any atom is -0.366 e. The van der Waals surface area contributed by atoms with Crippen LogP contribution < -0.4 is 0 Å². The smallest absolute Gasteiger partial charge is 0.366 e. The second kappa shape index (κ2) is 6.76. The highest BCUT2D eigenvalue weighted by molar-refractivity contribution is 5.77. The van der Waals surface area contributed by atoms with Gasteiger partial charge in [-0.3, -0.25) is 9.69 Å². The summed E-state index contributed by atoms with van der Waals surface area (Å²) in [6.45, 7) is 7.53. The Bertz CT molecular complexity index is 319. The lowest BCUT2D eigenvalue weighted by Gasteiger charge is -2.35. The molecule has 0 aromatic carbocycles. The van der Waals surface area contributed by atoms with Gasteiger partial charge in [-0.2, -0.15) is 13.2 Å². The molecule has 118 valence electrons. The molecule has 1 heterocycles. The molecule has 0 unspecified atom stereocenters. The summed E-state index contributed by atoms with van der Waals surface area (Å²) in [5, 5.41) is 0. The number of rotatable bonds is 4. The van der Waals surface area contributed by atoms with Crippen LogP contribution >= 0.6 is 0 Å². The Hall–Kier alpha value is -0.820. The minimum absolute atomic E-state index is 0.00399. The molecule has 1 aliphatic rings. The molecule has 20 heavy (non-hydrogen) atoms. The van der Waals surface area contributed by atoms with Crippen LogP contribution in [-0.4, -0.2) is 66.8 Å². The molecule has 1 rings (SSSR count). The second-order valence-electron chi connectivity index (χ2n) is 5.99. The third-order valence-corrected chi connectivity index (χ3v) is 3.07. The minimum atomic E-state index is -4.12. The zero-order valence-corrected chi connectivity index (χ0v) is 12.3. The molecule has 0 aromatic heterocycles. The molecular weight excluding hydrogens is 273 g/mol. The van der Waals surface area contributed by atoms with Crippen molar-refractivity contribution in [2.75, 3.05) is 39.3 Å². The summed E-state index contributed by atoms with van der Waals surface area (Å²) in [6.07, 6.45) is -4.92. The molecule has 4 nitrogen and oxygen atoms in total. The topological polar surface area (TPSA) is 32.8 Å². The summed E-state index contributed by atoms with van der Waals surface area (Å²) in [4.78, 5) is 15.3. The highest BCUT2D eigenvalue weighted by Crippen LogP contribution is 2.20. The van der Waals surface area contributed by atoms with E-state index in [-0.39, 0.29) is 24.7 Å². The number of piperazine rings is 1. The summed E-state index contributed by atoms with van der Waals surface area (Å²) in [5.41, 5.74) is -0.371. The normalized spacial score (nSPS) is 18.4. The molecule has 0 aromatic rings. The lowest BCUT2D eigenvalue weighted by molar-refractivity contribution is -0.146. The fourth-order valence-corrected chi connectivity index (χ4v) is 1.88. The lowest BCUT2D eigenvalue weighted by Crippen LogP contribution is -2.50. The van der Waals surface area contributed by atoms with Gasteiger partial charge in [0.05, 0.1) is 12.0 Å². The van der Waals surface area contributed by atoms with Gasteiger partial charge in [0.1, 0.15) is 6.61 Å². The Morgan fingerprint density at radius 1 is 1.10 bits per heavy atom. The molecule has 0 N–H and O–H groups in total. The average molecular weight is 296 g/mol. The summed E-state index contributed by atoms with van der Waals surface area (Å²) in [7, 11) is 0. The van der Waals surface area contributed by atoms with Crippen LogP contribution in [0, 0.1) is 0 Å². The molecule has 1 amide bonds. The van der Waals surface area contributed by atoms with Crippen LogP contribution in [0.3, 0.4) is 0 Å². The number of ether oxygens (including phenoxy) is 1. The Balaban J connectivity index is 2.26. The molecule has 0 atom stereocenters. The molecule has 1 aliphatic heterocycles. The Kier molecular flexibility index (Phi) is 5.82. The standard InChI is InChI=1S/C13H23F3N2O2/c1-12(2,3)20-10-11(19)18-8-6-17(7-9-18)5-4-13(14,15)16/h4-10H2,1-3H3. The third-order valence-electron chi connectivity index (χ3n) is 3.07. The third kappa shape index (κ3) is 7.09. The molecule has 0 bridgehead atoms. The maximum absolute atomic E-state index is 12.1. The van der Waals surface area contributed by atoms with Crippen molar-refractivity contribution in [3.8, 4) is 0 Å². The van der Waals surface area contributed by atoms with E-state index in [1.54, 1.807) is 9.80 Å². The number of carbonyl (C=O) groups is 1. The number of amides is 1. The Morgan fingerprint density at radius 3 is 2.10 bits per heavy atom. The molecule has 1 fully saturated rings.